The fraction of sp³-hybridized carbons (Fsp3) is 0.263. The van der Waals surface area contributed by atoms with Gasteiger partial charge in [-0.3, -0.25) is 4.79 Å². The number of ether oxygens (including phenoxy) is 2. The van der Waals surface area contributed by atoms with Crippen molar-refractivity contribution in [3.8, 4) is 16.9 Å². The number of hydrogen-bond acceptors (Lipinski definition) is 4. The molecule has 0 unspecified atom stereocenters. The van der Waals surface area contributed by atoms with Gasteiger partial charge in [-0.15, -0.1) is 0 Å². The first-order chi connectivity index (χ1) is 10.8. The van der Waals surface area contributed by atoms with E-state index in [1.54, 1.807) is 31.4 Å². The molecular formula is C19H20O4. The van der Waals surface area contributed by atoms with Crippen LogP contribution in [0.15, 0.2) is 42.5 Å². The molecule has 0 radical (unpaired) electrons. The zero-order chi connectivity index (χ0) is 17.0. The van der Waals surface area contributed by atoms with Gasteiger partial charge in [0.15, 0.2) is 0 Å². The summed E-state index contributed by atoms with van der Waals surface area (Å²) in [6.45, 7) is 5.50. The van der Waals surface area contributed by atoms with Crippen LogP contribution in [0.2, 0.25) is 0 Å². The Morgan fingerprint density at radius 1 is 1.04 bits per heavy atom. The molecule has 4 nitrogen and oxygen atoms in total. The van der Waals surface area contributed by atoms with Crippen molar-refractivity contribution in [3.63, 3.8) is 0 Å². The highest BCUT2D eigenvalue weighted by Gasteiger charge is 2.18. The van der Waals surface area contributed by atoms with Crippen LogP contribution in [-0.4, -0.2) is 25.0 Å². The molecule has 0 atom stereocenters. The Balaban J connectivity index is 2.29. The molecule has 0 fully saturated rings. The lowest BCUT2D eigenvalue weighted by Crippen LogP contribution is -2.23. The normalized spacial score (nSPS) is 11.0. The average molecular weight is 312 g/mol. The second-order valence-electron chi connectivity index (χ2n) is 6.16. The first-order valence-electron chi connectivity index (χ1n) is 7.31. The molecule has 2 aromatic carbocycles. The predicted octanol–water partition coefficient (Wildman–Crippen LogP) is 4.13. The molecule has 0 aliphatic heterocycles. The third kappa shape index (κ3) is 4.19. The third-order valence-corrected chi connectivity index (χ3v) is 3.19. The smallest absolute Gasteiger partial charge is 0.338 e. The lowest BCUT2D eigenvalue weighted by Gasteiger charge is -2.19. The van der Waals surface area contributed by atoms with Gasteiger partial charge in [-0.2, -0.15) is 0 Å². The summed E-state index contributed by atoms with van der Waals surface area (Å²) in [6.07, 6.45) is 0.776. The van der Waals surface area contributed by atoms with Gasteiger partial charge in [-0.25, -0.2) is 4.79 Å². The van der Waals surface area contributed by atoms with Gasteiger partial charge in [0.25, 0.3) is 0 Å². The van der Waals surface area contributed by atoms with Crippen LogP contribution in [0.4, 0.5) is 0 Å². The summed E-state index contributed by atoms with van der Waals surface area (Å²) in [5.74, 6) is 0.256. The quantitative estimate of drug-likeness (QED) is 0.629. The SMILES string of the molecule is COc1cc(C=O)ccc1-c1ccc(C(=O)OC(C)(C)C)cc1. The van der Waals surface area contributed by atoms with Gasteiger partial charge in [0.1, 0.15) is 17.6 Å². The summed E-state index contributed by atoms with van der Waals surface area (Å²) in [5, 5.41) is 0. The zero-order valence-corrected chi connectivity index (χ0v) is 13.8. The van der Waals surface area contributed by atoms with Gasteiger partial charge in [0.2, 0.25) is 0 Å². The van der Waals surface area contributed by atoms with Crippen molar-refractivity contribution in [1.82, 2.24) is 0 Å². The second-order valence-corrected chi connectivity index (χ2v) is 6.16. The summed E-state index contributed by atoms with van der Waals surface area (Å²) in [4.78, 5) is 22.9. The molecule has 0 spiro atoms. The Bertz CT molecular complexity index is 709. The number of benzene rings is 2. The van der Waals surface area contributed by atoms with E-state index in [1.165, 1.54) is 0 Å². The highest BCUT2D eigenvalue weighted by atomic mass is 16.6. The number of carbonyl (C=O) groups excluding carboxylic acids is 2. The molecule has 0 saturated carbocycles. The number of carbonyl (C=O) groups is 2. The summed E-state index contributed by atoms with van der Waals surface area (Å²) in [6, 6.07) is 12.3. The summed E-state index contributed by atoms with van der Waals surface area (Å²) in [7, 11) is 1.56. The van der Waals surface area contributed by atoms with Crippen LogP contribution in [0.1, 0.15) is 41.5 Å². The highest BCUT2D eigenvalue weighted by molar-refractivity contribution is 5.90. The Morgan fingerprint density at radius 3 is 2.22 bits per heavy atom. The van der Waals surface area contributed by atoms with Crippen molar-refractivity contribution < 1.29 is 19.1 Å². The maximum absolute atomic E-state index is 12.0. The van der Waals surface area contributed by atoms with E-state index in [9.17, 15) is 9.59 Å². The lowest BCUT2D eigenvalue weighted by molar-refractivity contribution is 0.00695. The van der Waals surface area contributed by atoms with Crippen LogP contribution in [0, 0.1) is 0 Å². The predicted molar refractivity (Wildman–Crippen MR) is 89.0 cm³/mol. The molecule has 0 bridgehead atoms. The van der Waals surface area contributed by atoms with Crippen LogP contribution in [0.5, 0.6) is 5.75 Å². The molecule has 0 aromatic heterocycles. The van der Waals surface area contributed by atoms with Crippen molar-refractivity contribution in [2.45, 2.75) is 26.4 Å². The van der Waals surface area contributed by atoms with Crippen molar-refractivity contribution in [3.05, 3.63) is 53.6 Å². The molecule has 2 aromatic rings. The van der Waals surface area contributed by atoms with Gasteiger partial charge >= 0.3 is 5.97 Å². The van der Waals surface area contributed by atoms with Crippen LogP contribution in [-0.2, 0) is 4.74 Å². The molecular weight excluding hydrogens is 292 g/mol. The second kappa shape index (κ2) is 6.65. The van der Waals surface area contributed by atoms with Crippen LogP contribution in [0.3, 0.4) is 0 Å². The molecule has 2 rings (SSSR count). The Hall–Kier alpha value is -2.62. The minimum Gasteiger partial charge on any atom is -0.496 e. The minimum atomic E-state index is -0.524. The standard InChI is InChI=1S/C19H20O4/c1-19(2,3)23-18(21)15-8-6-14(7-9-15)16-10-5-13(12-20)11-17(16)22-4/h5-12H,1-4H3. The fourth-order valence-electron chi connectivity index (χ4n) is 2.14. The average Bonchev–Trinajstić information content (AvgIpc) is 2.52. The molecule has 0 N–H and O–H groups in total. The Morgan fingerprint density at radius 2 is 1.70 bits per heavy atom. The van der Waals surface area contributed by atoms with E-state index in [0.29, 0.717) is 16.9 Å². The first kappa shape index (κ1) is 16.7. The van der Waals surface area contributed by atoms with E-state index >= 15 is 0 Å². The maximum atomic E-state index is 12.0. The summed E-state index contributed by atoms with van der Waals surface area (Å²) in [5.41, 5.74) is 2.27. The molecule has 0 saturated heterocycles. The van der Waals surface area contributed by atoms with E-state index < -0.39 is 5.60 Å². The van der Waals surface area contributed by atoms with Crippen LogP contribution >= 0.6 is 0 Å². The van der Waals surface area contributed by atoms with Crippen LogP contribution < -0.4 is 4.74 Å². The van der Waals surface area contributed by atoms with Gasteiger partial charge < -0.3 is 9.47 Å². The van der Waals surface area contributed by atoms with Crippen LogP contribution in [0.25, 0.3) is 11.1 Å². The van der Waals surface area contributed by atoms with E-state index in [4.69, 9.17) is 9.47 Å². The fourth-order valence-corrected chi connectivity index (χ4v) is 2.14. The molecule has 120 valence electrons. The molecule has 0 aliphatic carbocycles. The lowest BCUT2D eigenvalue weighted by atomic mass is 10.0. The monoisotopic (exact) mass is 312 g/mol. The van der Waals surface area contributed by atoms with Crippen molar-refractivity contribution >= 4 is 12.3 Å². The van der Waals surface area contributed by atoms with E-state index in [1.807, 2.05) is 39.0 Å². The number of esters is 1. The number of rotatable bonds is 4. The van der Waals surface area contributed by atoms with Gasteiger partial charge in [0, 0.05) is 11.1 Å². The molecule has 0 amide bonds. The third-order valence-electron chi connectivity index (χ3n) is 3.19. The highest BCUT2D eigenvalue weighted by Crippen LogP contribution is 2.31. The molecule has 0 heterocycles. The van der Waals surface area contributed by atoms with E-state index in [0.717, 1.165) is 17.4 Å². The molecule has 0 aliphatic rings. The van der Waals surface area contributed by atoms with Gasteiger partial charge in [-0.05, 0) is 50.6 Å². The van der Waals surface area contributed by atoms with E-state index in [-0.39, 0.29) is 5.97 Å². The Labute approximate surface area is 136 Å². The van der Waals surface area contributed by atoms with Crippen molar-refractivity contribution in [1.29, 1.82) is 0 Å². The molecule has 23 heavy (non-hydrogen) atoms. The van der Waals surface area contributed by atoms with Crippen molar-refractivity contribution in [2.75, 3.05) is 7.11 Å². The Kier molecular flexibility index (Phi) is 4.84. The summed E-state index contributed by atoms with van der Waals surface area (Å²) >= 11 is 0. The largest absolute Gasteiger partial charge is 0.496 e. The number of hydrogen-bond donors (Lipinski definition) is 0. The maximum Gasteiger partial charge on any atom is 0.338 e. The van der Waals surface area contributed by atoms with Gasteiger partial charge in [-0.1, -0.05) is 18.2 Å². The minimum absolute atomic E-state index is 0.354. The van der Waals surface area contributed by atoms with Crippen molar-refractivity contribution in [2.24, 2.45) is 0 Å². The summed E-state index contributed by atoms with van der Waals surface area (Å²) < 4.78 is 10.7. The number of aldehydes is 1. The number of methoxy groups -OCH3 is 1. The zero-order valence-electron chi connectivity index (χ0n) is 13.8. The first-order valence-corrected chi connectivity index (χ1v) is 7.31. The topological polar surface area (TPSA) is 52.6 Å². The van der Waals surface area contributed by atoms with E-state index in [2.05, 4.69) is 0 Å². The molecule has 4 heteroatoms. The van der Waals surface area contributed by atoms with Gasteiger partial charge in [0.05, 0.1) is 12.7 Å².